The van der Waals surface area contributed by atoms with E-state index in [4.69, 9.17) is 11.6 Å². The molecule has 1 aromatic carbocycles. The van der Waals surface area contributed by atoms with E-state index in [1.807, 2.05) is 35.0 Å². The first-order valence-corrected chi connectivity index (χ1v) is 5.30. The Morgan fingerprint density at radius 2 is 2.07 bits per heavy atom. The predicted octanol–water partition coefficient (Wildman–Crippen LogP) is 3.07. The van der Waals surface area contributed by atoms with Crippen molar-refractivity contribution in [2.24, 2.45) is 0 Å². The average Bonchev–Trinajstić information content (AvgIpc) is 2.45. The van der Waals surface area contributed by atoms with Crippen LogP contribution < -0.4 is 0 Å². The second-order valence-electron chi connectivity index (χ2n) is 4.46. The van der Waals surface area contributed by atoms with Crippen LogP contribution in [0.3, 0.4) is 0 Å². The van der Waals surface area contributed by atoms with Crippen molar-refractivity contribution in [2.45, 2.75) is 26.0 Å². The number of fused-ring (bicyclic) bond motifs is 1. The summed E-state index contributed by atoms with van der Waals surface area (Å²) in [6.45, 7) is 4.18. The van der Waals surface area contributed by atoms with Gasteiger partial charge in [0.15, 0.2) is 0 Å². The van der Waals surface area contributed by atoms with E-state index in [1.54, 1.807) is 13.8 Å². The Hall–Kier alpha value is -0.990. The van der Waals surface area contributed by atoms with Crippen LogP contribution in [0.4, 0.5) is 0 Å². The molecular formula is C12H14ClNO. The third kappa shape index (κ3) is 2.33. The second-order valence-corrected chi connectivity index (χ2v) is 4.90. The van der Waals surface area contributed by atoms with Gasteiger partial charge in [-0.2, -0.15) is 0 Å². The summed E-state index contributed by atoms with van der Waals surface area (Å²) in [5.74, 6) is 0. The molecule has 0 saturated carbocycles. The lowest BCUT2D eigenvalue weighted by Crippen LogP contribution is -2.25. The predicted molar refractivity (Wildman–Crippen MR) is 63.2 cm³/mol. The van der Waals surface area contributed by atoms with E-state index < -0.39 is 5.60 Å². The van der Waals surface area contributed by atoms with Crippen molar-refractivity contribution >= 4 is 22.5 Å². The SMILES string of the molecule is CC(C)(O)Cn1ccc2cc(Cl)ccc21. The molecule has 0 spiro atoms. The van der Waals surface area contributed by atoms with Gasteiger partial charge in [0.1, 0.15) is 0 Å². The molecule has 1 heterocycles. The van der Waals surface area contributed by atoms with Gasteiger partial charge in [0.2, 0.25) is 0 Å². The highest BCUT2D eigenvalue weighted by molar-refractivity contribution is 6.31. The molecule has 1 N–H and O–H groups in total. The zero-order chi connectivity index (χ0) is 11.1. The first-order chi connectivity index (χ1) is 6.96. The highest BCUT2D eigenvalue weighted by atomic mass is 35.5. The number of aliphatic hydroxyl groups is 1. The second kappa shape index (κ2) is 3.54. The molecule has 0 fully saturated rings. The normalized spacial score (nSPS) is 12.3. The highest BCUT2D eigenvalue weighted by Crippen LogP contribution is 2.21. The number of benzene rings is 1. The average molecular weight is 224 g/mol. The quantitative estimate of drug-likeness (QED) is 0.832. The van der Waals surface area contributed by atoms with Gasteiger partial charge in [-0.15, -0.1) is 0 Å². The fraction of sp³-hybridized carbons (Fsp3) is 0.333. The van der Waals surface area contributed by atoms with Gasteiger partial charge in [-0.25, -0.2) is 0 Å². The van der Waals surface area contributed by atoms with Crippen LogP contribution in [0.2, 0.25) is 5.02 Å². The Bertz CT molecular complexity index is 482. The molecule has 0 atom stereocenters. The Kier molecular flexibility index (Phi) is 2.49. The van der Waals surface area contributed by atoms with E-state index in [2.05, 4.69) is 0 Å². The van der Waals surface area contributed by atoms with Gasteiger partial charge in [-0.3, -0.25) is 0 Å². The van der Waals surface area contributed by atoms with Gasteiger partial charge < -0.3 is 9.67 Å². The Morgan fingerprint density at radius 3 is 2.73 bits per heavy atom. The molecule has 3 heteroatoms. The van der Waals surface area contributed by atoms with Crippen molar-refractivity contribution in [1.29, 1.82) is 0 Å². The molecular weight excluding hydrogens is 210 g/mol. The van der Waals surface area contributed by atoms with E-state index in [-0.39, 0.29) is 0 Å². The van der Waals surface area contributed by atoms with E-state index in [0.29, 0.717) is 6.54 Å². The summed E-state index contributed by atoms with van der Waals surface area (Å²) in [5.41, 5.74) is 0.396. The zero-order valence-electron chi connectivity index (χ0n) is 8.87. The van der Waals surface area contributed by atoms with Crippen LogP contribution in [0.15, 0.2) is 30.5 Å². The van der Waals surface area contributed by atoms with Crippen molar-refractivity contribution < 1.29 is 5.11 Å². The minimum Gasteiger partial charge on any atom is -0.389 e. The molecule has 0 aliphatic rings. The third-order valence-corrected chi connectivity index (χ3v) is 2.53. The van der Waals surface area contributed by atoms with E-state index in [1.165, 1.54) is 0 Å². The van der Waals surface area contributed by atoms with Crippen LogP contribution in [0.1, 0.15) is 13.8 Å². The number of aromatic nitrogens is 1. The van der Waals surface area contributed by atoms with E-state index in [9.17, 15) is 5.11 Å². The van der Waals surface area contributed by atoms with Gasteiger partial charge in [0.05, 0.1) is 12.1 Å². The highest BCUT2D eigenvalue weighted by Gasteiger charge is 2.14. The van der Waals surface area contributed by atoms with Gasteiger partial charge in [0, 0.05) is 22.1 Å². The summed E-state index contributed by atoms with van der Waals surface area (Å²) < 4.78 is 2.03. The Labute approximate surface area is 94.1 Å². The van der Waals surface area contributed by atoms with Gasteiger partial charge in [-0.05, 0) is 38.1 Å². The first-order valence-electron chi connectivity index (χ1n) is 4.92. The number of hydrogen-bond acceptors (Lipinski definition) is 1. The molecule has 15 heavy (non-hydrogen) atoms. The van der Waals surface area contributed by atoms with Gasteiger partial charge >= 0.3 is 0 Å². The fourth-order valence-electron chi connectivity index (χ4n) is 1.73. The van der Waals surface area contributed by atoms with Crippen molar-refractivity contribution in [1.82, 2.24) is 4.57 Å². The molecule has 0 bridgehead atoms. The molecule has 0 amide bonds. The minimum absolute atomic E-state index is 0.581. The topological polar surface area (TPSA) is 25.2 Å². The molecule has 0 saturated heterocycles. The van der Waals surface area contributed by atoms with Crippen LogP contribution in [0, 0.1) is 0 Å². The molecule has 0 radical (unpaired) electrons. The molecule has 2 rings (SSSR count). The summed E-state index contributed by atoms with van der Waals surface area (Å²) in [5, 5.41) is 11.6. The fourth-order valence-corrected chi connectivity index (χ4v) is 1.91. The Morgan fingerprint density at radius 1 is 1.33 bits per heavy atom. The number of nitrogens with zero attached hydrogens (tertiary/aromatic N) is 1. The van der Waals surface area contributed by atoms with Crippen LogP contribution >= 0.6 is 11.6 Å². The first kappa shape index (κ1) is 10.5. The molecule has 0 aliphatic heterocycles. The largest absolute Gasteiger partial charge is 0.389 e. The molecule has 1 aromatic heterocycles. The summed E-state index contributed by atoms with van der Waals surface area (Å²) in [6.07, 6.45) is 1.97. The maximum atomic E-state index is 9.76. The lowest BCUT2D eigenvalue weighted by atomic mass is 10.1. The van der Waals surface area contributed by atoms with E-state index in [0.717, 1.165) is 15.9 Å². The Balaban J connectivity index is 2.45. The van der Waals surface area contributed by atoms with Crippen LogP contribution in [-0.4, -0.2) is 15.3 Å². The van der Waals surface area contributed by atoms with Crippen LogP contribution in [-0.2, 0) is 6.54 Å². The molecule has 2 aromatic rings. The van der Waals surface area contributed by atoms with Gasteiger partial charge in [0.25, 0.3) is 0 Å². The summed E-state index contributed by atoms with van der Waals surface area (Å²) in [4.78, 5) is 0. The maximum absolute atomic E-state index is 9.76. The van der Waals surface area contributed by atoms with Crippen molar-refractivity contribution in [3.05, 3.63) is 35.5 Å². The van der Waals surface area contributed by atoms with Crippen LogP contribution in [0.5, 0.6) is 0 Å². The molecule has 2 nitrogen and oxygen atoms in total. The number of rotatable bonds is 2. The smallest absolute Gasteiger partial charge is 0.0769 e. The minimum atomic E-state index is -0.703. The maximum Gasteiger partial charge on any atom is 0.0769 e. The summed E-state index contributed by atoms with van der Waals surface area (Å²) in [6, 6.07) is 7.78. The van der Waals surface area contributed by atoms with Crippen LogP contribution in [0.25, 0.3) is 10.9 Å². The zero-order valence-corrected chi connectivity index (χ0v) is 9.62. The number of halogens is 1. The summed E-state index contributed by atoms with van der Waals surface area (Å²) in [7, 11) is 0. The lowest BCUT2D eigenvalue weighted by molar-refractivity contribution is 0.0628. The van der Waals surface area contributed by atoms with Crippen molar-refractivity contribution in [3.63, 3.8) is 0 Å². The van der Waals surface area contributed by atoms with Crippen molar-refractivity contribution in [2.75, 3.05) is 0 Å². The van der Waals surface area contributed by atoms with E-state index >= 15 is 0 Å². The lowest BCUT2D eigenvalue weighted by Gasteiger charge is -2.18. The summed E-state index contributed by atoms with van der Waals surface area (Å²) >= 11 is 5.90. The number of hydrogen-bond donors (Lipinski definition) is 1. The monoisotopic (exact) mass is 223 g/mol. The standard InChI is InChI=1S/C12H14ClNO/c1-12(2,15)8-14-6-5-9-7-10(13)3-4-11(9)14/h3-7,15H,8H2,1-2H3. The molecule has 0 unspecified atom stereocenters. The molecule has 80 valence electrons. The third-order valence-electron chi connectivity index (χ3n) is 2.29. The van der Waals surface area contributed by atoms with Gasteiger partial charge in [-0.1, -0.05) is 11.6 Å². The molecule has 0 aliphatic carbocycles. The van der Waals surface area contributed by atoms with Crippen molar-refractivity contribution in [3.8, 4) is 0 Å².